The summed E-state index contributed by atoms with van der Waals surface area (Å²) in [6.45, 7) is 3.17. The topological polar surface area (TPSA) is 67.2 Å². The van der Waals surface area contributed by atoms with Crippen molar-refractivity contribution < 1.29 is 19.4 Å². The second-order valence-electron chi connectivity index (χ2n) is 7.76. The molecule has 1 fully saturated rings. The summed E-state index contributed by atoms with van der Waals surface area (Å²) in [5.41, 5.74) is 3.58. The molecule has 1 saturated heterocycles. The van der Waals surface area contributed by atoms with Crippen LogP contribution in [0.3, 0.4) is 0 Å². The monoisotopic (exact) mass is 435 g/mol. The molecule has 1 aliphatic rings. The van der Waals surface area contributed by atoms with Crippen molar-refractivity contribution in [1.82, 2.24) is 9.47 Å². The third kappa shape index (κ3) is 4.57. The van der Waals surface area contributed by atoms with Crippen LogP contribution in [0, 0.1) is 0 Å². The maximum atomic E-state index is 13.4. The molecule has 0 bridgehead atoms. The van der Waals surface area contributed by atoms with Crippen molar-refractivity contribution in [3.05, 3.63) is 66.5 Å². The Labute approximate surface area is 188 Å². The SMILES string of the molecule is COc1cc(OC)cc(N2CCN(C(=O)c3cn(CCO)cc3-c3ccccc3)CC2)c1. The van der Waals surface area contributed by atoms with Crippen molar-refractivity contribution in [1.29, 1.82) is 0 Å². The molecule has 7 heteroatoms. The van der Waals surface area contributed by atoms with Crippen molar-refractivity contribution in [3.63, 3.8) is 0 Å². The Morgan fingerprint density at radius 2 is 1.59 bits per heavy atom. The van der Waals surface area contributed by atoms with Crippen molar-refractivity contribution in [2.45, 2.75) is 6.54 Å². The number of piperazine rings is 1. The molecule has 0 atom stereocenters. The van der Waals surface area contributed by atoms with Gasteiger partial charge in [-0.2, -0.15) is 0 Å². The van der Waals surface area contributed by atoms with Crippen LogP contribution >= 0.6 is 0 Å². The lowest BCUT2D eigenvalue weighted by molar-refractivity contribution is 0.0747. The zero-order valence-corrected chi connectivity index (χ0v) is 18.5. The number of ether oxygens (including phenoxy) is 2. The van der Waals surface area contributed by atoms with Gasteiger partial charge in [-0.3, -0.25) is 4.79 Å². The van der Waals surface area contributed by atoms with Gasteiger partial charge in [-0.1, -0.05) is 30.3 Å². The lowest BCUT2D eigenvalue weighted by atomic mass is 10.0. The molecule has 1 aliphatic heterocycles. The highest BCUT2D eigenvalue weighted by Crippen LogP contribution is 2.30. The van der Waals surface area contributed by atoms with Gasteiger partial charge in [-0.05, 0) is 5.56 Å². The van der Waals surface area contributed by atoms with Gasteiger partial charge in [-0.25, -0.2) is 0 Å². The summed E-state index contributed by atoms with van der Waals surface area (Å²) >= 11 is 0. The summed E-state index contributed by atoms with van der Waals surface area (Å²) in [7, 11) is 3.28. The fourth-order valence-corrected chi connectivity index (χ4v) is 4.08. The summed E-state index contributed by atoms with van der Waals surface area (Å²) in [4.78, 5) is 17.6. The molecule has 1 N–H and O–H groups in total. The van der Waals surface area contributed by atoms with Gasteiger partial charge in [0.15, 0.2) is 0 Å². The molecule has 0 unspecified atom stereocenters. The maximum absolute atomic E-state index is 13.4. The Balaban J connectivity index is 1.52. The van der Waals surface area contributed by atoms with Crippen molar-refractivity contribution >= 4 is 11.6 Å². The number of amides is 1. The van der Waals surface area contributed by atoms with E-state index >= 15 is 0 Å². The molecule has 7 nitrogen and oxygen atoms in total. The van der Waals surface area contributed by atoms with E-state index in [1.807, 2.05) is 70.4 Å². The average molecular weight is 436 g/mol. The summed E-state index contributed by atoms with van der Waals surface area (Å²) in [6.07, 6.45) is 3.79. The van der Waals surface area contributed by atoms with E-state index < -0.39 is 0 Å². The van der Waals surface area contributed by atoms with Gasteiger partial charge >= 0.3 is 0 Å². The number of nitrogens with zero attached hydrogens (tertiary/aromatic N) is 3. The van der Waals surface area contributed by atoms with E-state index in [9.17, 15) is 9.90 Å². The second kappa shape index (κ2) is 9.78. The normalized spacial score (nSPS) is 13.8. The molecule has 168 valence electrons. The Kier molecular flexibility index (Phi) is 6.66. The van der Waals surface area contributed by atoms with Crippen molar-refractivity contribution in [3.8, 4) is 22.6 Å². The van der Waals surface area contributed by atoms with Gasteiger partial charge in [0.1, 0.15) is 11.5 Å². The number of carbonyl (C=O) groups is 1. The van der Waals surface area contributed by atoms with Gasteiger partial charge in [0, 0.05) is 74.6 Å². The summed E-state index contributed by atoms with van der Waals surface area (Å²) in [5, 5.41) is 9.35. The molecule has 1 amide bonds. The van der Waals surface area contributed by atoms with Crippen LogP contribution in [0.15, 0.2) is 60.9 Å². The van der Waals surface area contributed by atoms with Crippen LogP contribution in [-0.4, -0.2) is 67.5 Å². The predicted molar refractivity (Wildman–Crippen MR) is 125 cm³/mol. The van der Waals surface area contributed by atoms with E-state index in [4.69, 9.17) is 9.47 Å². The van der Waals surface area contributed by atoms with Gasteiger partial charge in [0.2, 0.25) is 0 Å². The molecule has 3 aromatic rings. The lowest BCUT2D eigenvalue weighted by Crippen LogP contribution is -2.48. The van der Waals surface area contributed by atoms with Gasteiger partial charge < -0.3 is 28.9 Å². The molecule has 4 rings (SSSR count). The molecule has 0 spiro atoms. The van der Waals surface area contributed by atoms with Crippen molar-refractivity contribution in [2.24, 2.45) is 0 Å². The second-order valence-corrected chi connectivity index (χ2v) is 7.76. The first-order valence-electron chi connectivity index (χ1n) is 10.8. The number of aliphatic hydroxyl groups excluding tert-OH is 1. The number of rotatable bonds is 7. The van der Waals surface area contributed by atoms with Gasteiger partial charge in [0.05, 0.1) is 26.4 Å². The number of anilines is 1. The Morgan fingerprint density at radius 3 is 2.19 bits per heavy atom. The fraction of sp³-hybridized carbons (Fsp3) is 0.320. The lowest BCUT2D eigenvalue weighted by Gasteiger charge is -2.36. The van der Waals surface area contributed by atoms with E-state index in [1.54, 1.807) is 14.2 Å². The third-order valence-electron chi connectivity index (χ3n) is 5.82. The number of aliphatic hydroxyl groups is 1. The van der Waals surface area contributed by atoms with Crippen LogP contribution in [0.2, 0.25) is 0 Å². The first-order valence-corrected chi connectivity index (χ1v) is 10.8. The van der Waals surface area contributed by atoms with Crippen LogP contribution in [0.1, 0.15) is 10.4 Å². The largest absolute Gasteiger partial charge is 0.497 e. The highest BCUT2D eigenvalue weighted by atomic mass is 16.5. The number of aromatic nitrogens is 1. The molecule has 0 aliphatic carbocycles. The molecular weight excluding hydrogens is 406 g/mol. The first-order chi connectivity index (χ1) is 15.6. The maximum Gasteiger partial charge on any atom is 0.256 e. The summed E-state index contributed by atoms with van der Waals surface area (Å²) < 4.78 is 12.7. The first kappa shape index (κ1) is 21.8. The zero-order chi connectivity index (χ0) is 22.5. The van der Waals surface area contributed by atoms with Crippen LogP contribution in [0.5, 0.6) is 11.5 Å². The predicted octanol–water partition coefficient (Wildman–Crippen LogP) is 3.13. The fourth-order valence-electron chi connectivity index (χ4n) is 4.08. The van der Waals surface area contributed by atoms with E-state index in [1.165, 1.54) is 0 Å². The molecule has 2 heterocycles. The standard InChI is InChI=1S/C25H29N3O4/c1-31-21-14-20(15-22(16-21)32-2)27-8-10-28(11-9-27)25(30)24-18-26(12-13-29)17-23(24)19-6-4-3-5-7-19/h3-7,14-18,29H,8-13H2,1-2H3. The molecule has 0 saturated carbocycles. The van der Waals surface area contributed by atoms with E-state index in [0.717, 1.165) is 41.4 Å². The van der Waals surface area contributed by atoms with Crippen LogP contribution in [-0.2, 0) is 6.54 Å². The summed E-state index contributed by atoms with van der Waals surface area (Å²) in [6, 6.07) is 15.7. The van der Waals surface area contributed by atoms with E-state index in [2.05, 4.69) is 4.90 Å². The number of carbonyl (C=O) groups excluding carboxylic acids is 1. The number of benzene rings is 2. The summed E-state index contributed by atoms with van der Waals surface area (Å²) in [5.74, 6) is 1.51. The Morgan fingerprint density at radius 1 is 0.938 bits per heavy atom. The number of methoxy groups -OCH3 is 2. The highest BCUT2D eigenvalue weighted by molar-refractivity contribution is 6.01. The minimum atomic E-state index is 0.0171. The van der Waals surface area contributed by atoms with Gasteiger partial charge in [0.25, 0.3) is 5.91 Å². The molecule has 32 heavy (non-hydrogen) atoms. The van der Waals surface area contributed by atoms with Crippen molar-refractivity contribution in [2.75, 3.05) is 51.9 Å². The van der Waals surface area contributed by atoms with Crippen LogP contribution in [0.4, 0.5) is 5.69 Å². The molecular formula is C25H29N3O4. The molecule has 0 radical (unpaired) electrons. The molecule has 1 aromatic heterocycles. The minimum absolute atomic E-state index is 0.0171. The number of hydrogen-bond donors (Lipinski definition) is 1. The van der Waals surface area contributed by atoms with Crippen LogP contribution in [0.25, 0.3) is 11.1 Å². The molecule has 2 aromatic carbocycles. The number of hydrogen-bond acceptors (Lipinski definition) is 5. The Hall–Kier alpha value is -3.45. The van der Waals surface area contributed by atoms with Crippen LogP contribution < -0.4 is 14.4 Å². The minimum Gasteiger partial charge on any atom is -0.497 e. The zero-order valence-electron chi connectivity index (χ0n) is 18.5. The Bertz CT molecular complexity index is 1030. The third-order valence-corrected chi connectivity index (χ3v) is 5.82. The quantitative estimate of drug-likeness (QED) is 0.618. The van der Waals surface area contributed by atoms with Gasteiger partial charge in [-0.15, -0.1) is 0 Å². The smallest absolute Gasteiger partial charge is 0.256 e. The highest BCUT2D eigenvalue weighted by Gasteiger charge is 2.26. The van der Waals surface area contributed by atoms with E-state index in [-0.39, 0.29) is 12.5 Å². The average Bonchev–Trinajstić information content (AvgIpc) is 3.28. The van der Waals surface area contributed by atoms with E-state index in [0.29, 0.717) is 25.2 Å².